The molecule has 0 spiro atoms. The topological polar surface area (TPSA) is 47.0 Å². The molecule has 2 aromatic rings. The standard InChI is InChI=1S/C16H21N3O/c1-4-18-16(15-12(3)7-6-8-19-15)13-9-14(20-5-2)11-17-10-13/h6-11,16,18H,4-5H2,1-3H3. The lowest BCUT2D eigenvalue weighted by Crippen LogP contribution is -2.24. The highest BCUT2D eigenvalue weighted by atomic mass is 16.5. The first-order valence-electron chi connectivity index (χ1n) is 6.98. The van der Waals surface area contributed by atoms with Crippen molar-refractivity contribution in [3.05, 3.63) is 53.6 Å². The summed E-state index contributed by atoms with van der Waals surface area (Å²) in [7, 11) is 0. The van der Waals surface area contributed by atoms with Gasteiger partial charge in [-0.2, -0.15) is 0 Å². The molecular formula is C16H21N3O. The highest BCUT2D eigenvalue weighted by molar-refractivity contribution is 5.34. The van der Waals surface area contributed by atoms with Gasteiger partial charge in [0.25, 0.3) is 0 Å². The van der Waals surface area contributed by atoms with Crippen molar-refractivity contribution in [3.63, 3.8) is 0 Å². The van der Waals surface area contributed by atoms with Gasteiger partial charge in [0.1, 0.15) is 5.75 Å². The number of ether oxygens (including phenoxy) is 1. The molecule has 0 radical (unpaired) electrons. The van der Waals surface area contributed by atoms with Crippen LogP contribution >= 0.6 is 0 Å². The summed E-state index contributed by atoms with van der Waals surface area (Å²) in [5, 5.41) is 3.47. The van der Waals surface area contributed by atoms with Crippen molar-refractivity contribution < 1.29 is 4.74 Å². The van der Waals surface area contributed by atoms with E-state index in [1.165, 1.54) is 5.56 Å². The van der Waals surface area contributed by atoms with Gasteiger partial charge in [-0.05, 0) is 43.7 Å². The van der Waals surface area contributed by atoms with E-state index in [4.69, 9.17) is 4.74 Å². The number of hydrogen-bond acceptors (Lipinski definition) is 4. The van der Waals surface area contributed by atoms with E-state index in [9.17, 15) is 0 Å². The van der Waals surface area contributed by atoms with E-state index in [2.05, 4.69) is 35.2 Å². The minimum Gasteiger partial charge on any atom is -0.492 e. The SMILES string of the molecule is CCNC(c1cncc(OCC)c1)c1ncccc1C. The highest BCUT2D eigenvalue weighted by Gasteiger charge is 2.17. The fourth-order valence-electron chi connectivity index (χ4n) is 2.22. The van der Waals surface area contributed by atoms with E-state index in [1.807, 2.05) is 31.5 Å². The van der Waals surface area contributed by atoms with Gasteiger partial charge in [0.2, 0.25) is 0 Å². The maximum atomic E-state index is 5.53. The van der Waals surface area contributed by atoms with Crippen LogP contribution in [0.3, 0.4) is 0 Å². The lowest BCUT2D eigenvalue weighted by Gasteiger charge is -2.19. The molecule has 0 aliphatic carbocycles. The average molecular weight is 271 g/mol. The summed E-state index contributed by atoms with van der Waals surface area (Å²) >= 11 is 0. The van der Waals surface area contributed by atoms with Crippen molar-refractivity contribution in [2.24, 2.45) is 0 Å². The summed E-state index contributed by atoms with van der Waals surface area (Å²) in [6.45, 7) is 7.63. The minimum absolute atomic E-state index is 0.0362. The second-order valence-corrected chi connectivity index (χ2v) is 4.58. The monoisotopic (exact) mass is 271 g/mol. The molecular weight excluding hydrogens is 250 g/mol. The number of pyridine rings is 2. The Balaban J connectivity index is 2.38. The number of rotatable bonds is 6. The zero-order chi connectivity index (χ0) is 14.4. The molecule has 4 heteroatoms. The van der Waals surface area contributed by atoms with Crippen molar-refractivity contribution >= 4 is 0 Å². The summed E-state index contributed by atoms with van der Waals surface area (Å²) in [6.07, 6.45) is 5.43. The normalized spacial score (nSPS) is 12.2. The molecule has 1 atom stereocenters. The van der Waals surface area contributed by atoms with Gasteiger partial charge in [-0.1, -0.05) is 13.0 Å². The molecule has 1 N–H and O–H groups in total. The maximum absolute atomic E-state index is 5.53. The first-order chi connectivity index (χ1) is 9.76. The first kappa shape index (κ1) is 14.5. The van der Waals surface area contributed by atoms with Crippen molar-refractivity contribution in [2.75, 3.05) is 13.2 Å². The van der Waals surface area contributed by atoms with Gasteiger partial charge in [-0.15, -0.1) is 0 Å². The summed E-state index contributed by atoms with van der Waals surface area (Å²) < 4.78 is 5.53. The van der Waals surface area contributed by atoms with Crippen molar-refractivity contribution in [3.8, 4) is 5.75 Å². The van der Waals surface area contributed by atoms with E-state index in [0.29, 0.717) is 6.61 Å². The largest absolute Gasteiger partial charge is 0.492 e. The quantitative estimate of drug-likeness (QED) is 0.877. The van der Waals surface area contributed by atoms with Crippen LogP contribution in [0, 0.1) is 6.92 Å². The van der Waals surface area contributed by atoms with Crippen LogP contribution in [0.1, 0.15) is 36.7 Å². The molecule has 2 aromatic heterocycles. The molecule has 4 nitrogen and oxygen atoms in total. The lowest BCUT2D eigenvalue weighted by atomic mass is 10.0. The molecule has 0 saturated carbocycles. The smallest absolute Gasteiger partial charge is 0.137 e. The molecule has 106 valence electrons. The Morgan fingerprint density at radius 2 is 2.15 bits per heavy atom. The van der Waals surface area contributed by atoms with Gasteiger partial charge in [0.15, 0.2) is 0 Å². The second kappa shape index (κ2) is 7.01. The van der Waals surface area contributed by atoms with Crippen molar-refractivity contribution in [1.29, 1.82) is 0 Å². The fourth-order valence-corrected chi connectivity index (χ4v) is 2.22. The molecule has 0 aromatic carbocycles. The van der Waals surface area contributed by atoms with Gasteiger partial charge in [0, 0.05) is 12.4 Å². The highest BCUT2D eigenvalue weighted by Crippen LogP contribution is 2.24. The van der Waals surface area contributed by atoms with E-state index < -0.39 is 0 Å². The van der Waals surface area contributed by atoms with Crippen LogP contribution in [0.5, 0.6) is 5.75 Å². The molecule has 0 bridgehead atoms. The molecule has 20 heavy (non-hydrogen) atoms. The first-order valence-corrected chi connectivity index (χ1v) is 6.98. The number of nitrogens with one attached hydrogen (secondary N) is 1. The van der Waals surface area contributed by atoms with Crippen molar-refractivity contribution in [1.82, 2.24) is 15.3 Å². The third-order valence-electron chi connectivity index (χ3n) is 3.11. The fraction of sp³-hybridized carbons (Fsp3) is 0.375. The zero-order valence-electron chi connectivity index (χ0n) is 12.3. The minimum atomic E-state index is 0.0362. The van der Waals surface area contributed by atoms with Crippen LogP contribution in [-0.4, -0.2) is 23.1 Å². The Hall–Kier alpha value is -1.94. The molecule has 2 heterocycles. The maximum Gasteiger partial charge on any atom is 0.137 e. The average Bonchev–Trinajstić information content (AvgIpc) is 2.46. The third kappa shape index (κ3) is 3.33. The van der Waals surface area contributed by atoms with Crippen LogP contribution in [0.25, 0.3) is 0 Å². The Labute approximate surface area is 120 Å². The molecule has 1 unspecified atom stereocenters. The van der Waals surface area contributed by atoms with E-state index >= 15 is 0 Å². The second-order valence-electron chi connectivity index (χ2n) is 4.58. The van der Waals surface area contributed by atoms with E-state index in [0.717, 1.165) is 23.6 Å². The summed E-state index contributed by atoms with van der Waals surface area (Å²) in [4.78, 5) is 8.79. The van der Waals surface area contributed by atoms with Gasteiger partial charge in [0.05, 0.1) is 24.5 Å². The number of nitrogens with zero attached hydrogens (tertiary/aromatic N) is 2. The predicted molar refractivity (Wildman–Crippen MR) is 79.9 cm³/mol. The van der Waals surface area contributed by atoms with Crippen LogP contribution in [0.4, 0.5) is 0 Å². The number of aryl methyl sites for hydroxylation is 1. The van der Waals surface area contributed by atoms with Crippen molar-refractivity contribution in [2.45, 2.75) is 26.8 Å². The molecule has 0 aliphatic heterocycles. The summed E-state index contributed by atoms with van der Waals surface area (Å²) in [6, 6.07) is 6.09. The van der Waals surface area contributed by atoms with E-state index in [1.54, 1.807) is 6.20 Å². The van der Waals surface area contributed by atoms with Gasteiger partial charge in [-0.3, -0.25) is 9.97 Å². The molecule has 0 aliphatic rings. The Kier molecular flexibility index (Phi) is 5.07. The van der Waals surface area contributed by atoms with Gasteiger partial charge >= 0.3 is 0 Å². The van der Waals surface area contributed by atoms with Crippen LogP contribution < -0.4 is 10.1 Å². The summed E-state index contributed by atoms with van der Waals surface area (Å²) in [5.41, 5.74) is 3.27. The third-order valence-corrected chi connectivity index (χ3v) is 3.11. The molecule has 0 saturated heterocycles. The van der Waals surface area contributed by atoms with Crippen LogP contribution in [-0.2, 0) is 0 Å². The Morgan fingerprint density at radius 3 is 2.85 bits per heavy atom. The molecule has 0 fully saturated rings. The van der Waals surface area contributed by atoms with Crippen LogP contribution in [0.2, 0.25) is 0 Å². The van der Waals surface area contributed by atoms with Gasteiger partial charge < -0.3 is 10.1 Å². The Bertz CT molecular complexity index is 557. The Morgan fingerprint density at radius 1 is 1.30 bits per heavy atom. The van der Waals surface area contributed by atoms with Crippen LogP contribution in [0.15, 0.2) is 36.8 Å². The van der Waals surface area contributed by atoms with Gasteiger partial charge in [-0.25, -0.2) is 0 Å². The summed E-state index contributed by atoms with van der Waals surface area (Å²) in [5.74, 6) is 0.793. The zero-order valence-corrected chi connectivity index (χ0v) is 12.3. The number of hydrogen-bond donors (Lipinski definition) is 1. The molecule has 2 rings (SSSR count). The predicted octanol–water partition coefficient (Wildman–Crippen LogP) is 2.88. The molecule has 0 amide bonds. The number of aromatic nitrogens is 2. The lowest BCUT2D eigenvalue weighted by molar-refractivity contribution is 0.338. The van der Waals surface area contributed by atoms with E-state index in [-0.39, 0.29) is 6.04 Å².